The largest absolute Gasteiger partial charge is 0.464 e. The summed E-state index contributed by atoms with van der Waals surface area (Å²) in [6.45, 7) is 1.97. The molecule has 0 amide bonds. The summed E-state index contributed by atoms with van der Waals surface area (Å²) in [5.74, 6) is -0.658. The molecule has 1 aliphatic rings. The van der Waals surface area contributed by atoms with Gasteiger partial charge in [0, 0.05) is 0 Å². The highest BCUT2D eigenvalue weighted by Gasteiger charge is 2.38. The number of allylic oxidation sites excluding steroid dienone is 1. The molecule has 3 aromatic rings. The number of anilines is 1. The highest BCUT2D eigenvalue weighted by molar-refractivity contribution is 7.12. The fourth-order valence-electron chi connectivity index (χ4n) is 2.99. The van der Waals surface area contributed by atoms with Gasteiger partial charge in [0.1, 0.15) is 11.7 Å². The molecule has 1 unspecified atom stereocenters. The van der Waals surface area contributed by atoms with Crippen LogP contribution in [0.25, 0.3) is 0 Å². The average Bonchev–Trinajstić information content (AvgIpc) is 3.37. The number of thiophene rings is 1. The molecule has 0 saturated carbocycles. The Morgan fingerprint density at radius 1 is 1.22 bits per heavy atom. The van der Waals surface area contributed by atoms with E-state index in [2.05, 4.69) is 20.8 Å². The van der Waals surface area contributed by atoms with Gasteiger partial charge in [0.05, 0.1) is 17.6 Å². The Hall–Kier alpha value is -3.33. The number of benzene rings is 1. The van der Waals surface area contributed by atoms with Gasteiger partial charge in [-0.3, -0.25) is 4.79 Å². The van der Waals surface area contributed by atoms with Gasteiger partial charge in [0.15, 0.2) is 0 Å². The smallest absolute Gasteiger partial charge is 0.355 e. The van der Waals surface area contributed by atoms with Gasteiger partial charge < -0.3 is 10.1 Å². The number of nitrogens with zero attached hydrogens (tertiary/aromatic N) is 4. The van der Waals surface area contributed by atoms with Crippen LogP contribution in [-0.2, 0) is 9.53 Å². The Bertz CT molecular complexity index is 1040. The quantitative estimate of drug-likeness (QED) is 0.547. The Balaban J connectivity index is 1.95. The number of hydrogen-bond donors (Lipinski definition) is 1. The minimum absolute atomic E-state index is 0.0452. The van der Waals surface area contributed by atoms with Gasteiger partial charge in [-0.15, -0.1) is 11.3 Å². The fraction of sp³-hybridized carbons (Fsp3) is 0.167. The number of methoxy groups -OCH3 is 1. The van der Waals surface area contributed by atoms with Crippen molar-refractivity contribution in [3.05, 3.63) is 69.1 Å². The number of aromatic nitrogens is 4. The average molecular weight is 381 g/mol. The number of esters is 1. The van der Waals surface area contributed by atoms with Crippen LogP contribution in [0.3, 0.4) is 0 Å². The number of aryl methyl sites for hydroxylation is 1. The highest BCUT2D eigenvalue weighted by atomic mass is 32.1. The summed E-state index contributed by atoms with van der Waals surface area (Å²) in [7, 11) is 1.27. The molecule has 0 spiro atoms. The van der Waals surface area contributed by atoms with Crippen molar-refractivity contribution < 1.29 is 14.3 Å². The molecule has 0 radical (unpaired) electrons. The van der Waals surface area contributed by atoms with Crippen molar-refractivity contribution in [1.29, 1.82) is 0 Å². The molecular formula is C18H15N5O3S. The standard InChI is InChI=1S/C18H15N5O3S/c1-10-5-7-11(8-6-10)15-13(16(24)12-4-3-9-27-12)14(17(25)26-2)19-18-20-21-22-23(15)18/h3-9,15H,1-2H3,(H,19,20,22). The highest BCUT2D eigenvalue weighted by Crippen LogP contribution is 2.37. The van der Waals surface area contributed by atoms with Crippen LogP contribution in [0.15, 0.2) is 53.0 Å². The van der Waals surface area contributed by atoms with Crippen LogP contribution in [0, 0.1) is 6.92 Å². The van der Waals surface area contributed by atoms with Gasteiger partial charge in [0.2, 0.25) is 11.7 Å². The molecule has 1 N–H and O–H groups in total. The van der Waals surface area contributed by atoms with E-state index in [0.29, 0.717) is 4.88 Å². The minimum atomic E-state index is -0.652. The summed E-state index contributed by atoms with van der Waals surface area (Å²) in [6, 6.07) is 10.5. The Morgan fingerprint density at radius 3 is 2.67 bits per heavy atom. The molecule has 0 fully saturated rings. The van der Waals surface area contributed by atoms with Crippen LogP contribution >= 0.6 is 11.3 Å². The molecule has 4 rings (SSSR count). The van der Waals surface area contributed by atoms with Gasteiger partial charge in [0.25, 0.3) is 0 Å². The van der Waals surface area contributed by atoms with E-state index in [1.165, 1.54) is 23.1 Å². The molecule has 0 bridgehead atoms. The van der Waals surface area contributed by atoms with Gasteiger partial charge in [-0.05, 0) is 34.4 Å². The maximum absolute atomic E-state index is 13.3. The molecule has 27 heavy (non-hydrogen) atoms. The first kappa shape index (κ1) is 17.1. The third-order valence-electron chi connectivity index (χ3n) is 4.29. The van der Waals surface area contributed by atoms with E-state index in [-0.39, 0.29) is 23.0 Å². The molecule has 136 valence electrons. The van der Waals surface area contributed by atoms with Crippen LogP contribution in [0.4, 0.5) is 5.95 Å². The Kier molecular flexibility index (Phi) is 4.28. The summed E-state index contributed by atoms with van der Waals surface area (Å²) in [5.41, 5.74) is 2.15. The van der Waals surface area contributed by atoms with Crippen molar-refractivity contribution in [2.45, 2.75) is 13.0 Å². The summed E-state index contributed by atoms with van der Waals surface area (Å²) >= 11 is 1.30. The van der Waals surface area contributed by atoms with Crippen molar-refractivity contribution >= 4 is 29.0 Å². The monoisotopic (exact) mass is 381 g/mol. The predicted octanol–water partition coefficient (Wildman–Crippen LogP) is 2.37. The molecule has 0 aliphatic carbocycles. The van der Waals surface area contributed by atoms with Crippen LogP contribution in [0.1, 0.15) is 26.8 Å². The SMILES string of the molecule is COC(=O)C1=C(C(=O)c2cccs2)C(c2ccc(C)cc2)n2nnnc2N1. The molecule has 1 aromatic carbocycles. The third-order valence-corrected chi connectivity index (χ3v) is 5.16. The number of fused-ring (bicyclic) bond motifs is 1. The van der Waals surface area contributed by atoms with Crippen LogP contribution in [-0.4, -0.2) is 39.1 Å². The van der Waals surface area contributed by atoms with Crippen LogP contribution in [0.2, 0.25) is 0 Å². The number of ether oxygens (including phenoxy) is 1. The minimum Gasteiger partial charge on any atom is -0.464 e. The molecule has 1 atom stereocenters. The molecule has 2 aromatic heterocycles. The first-order chi connectivity index (χ1) is 13.1. The second-order valence-electron chi connectivity index (χ2n) is 5.97. The van der Waals surface area contributed by atoms with E-state index >= 15 is 0 Å². The lowest BCUT2D eigenvalue weighted by atomic mass is 9.91. The van der Waals surface area contributed by atoms with Crippen LogP contribution < -0.4 is 5.32 Å². The Morgan fingerprint density at radius 2 is 2.00 bits per heavy atom. The van der Waals surface area contributed by atoms with Gasteiger partial charge >= 0.3 is 5.97 Å². The normalized spacial score (nSPS) is 15.9. The van der Waals surface area contributed by atoms with Gasteiger partial charge in [-0.2, -0.15) is 4.68 Å². The maximum Gasteiger partial charge on any atom is 0.355 e. The second-order valence-corrected chi connectivity index (χ2v) is 6.92. The van der Waals surface area contributed by atoms with E-state index in [9.17, 15) is 9.59 Å². The first-order valence-corrected chi connectivity index (χ1v) is 9.00. The molecule has 9 heteroatoms. The maximum atomic E-state index is 13.3. The third kappa shape index (κ3) is 2.91. The van der Waals surface area contributed by atoms with Crippen LogP contribution in [0.5, 0.6) is 0 Å². The van der Waals surface area contributed by atoms with E-state index in [4.69, 9.17) is 4.74 Å². The van der Waals surface area contributed by atoms with E-state index in [0.717, 1.165) is 11.1 Å². The lowest BCUT2D eigenvalue weighted by molar-refractivity contribution is -0.136. The number of rotatable bonds is 4. The number of ketones is 1. The number of Topliss-reactive ketones (excluding diaryl/α,β-unsaturated/α-hetero) is 1. The van der Waals surface area contributed by atoms with Crippen molar-refractivity contribution in [3.8, 4) is 0 Å². The zero-order valence-electron chi connectivity index (χ0n) is 14.5. The summed E-state index contributed by atoms with van der Waals surface area (Å²) in [6.07, 6.45) is 0. The number of carbonyl (C=O) groups excluding carboxylic acids is 2. The first-order valence-electron chi connectivity index (χ1n) is 8.12. The van der Waals surface area contributed by atoms with Gasteiger partial charge in [-0.25, -0.2) is 4.79 Å². The predicted molar refractivity (Wildman–Crippen MR) is 98.4 cm³/mol. The number of hydrogen-bond acceptors (Lipinski definition) is 8. The number of carbonyl (C=O) groups is 2. The molecule has 8 nitrogen and oxygen atoms in total. The molecule has 1 aliphatic heterocycles. The second kappa shape index (κ2) is 6.76. The lowest BCUT2D eigenvalue weighted by Gasteiger charge is -2.27. The molecule has 3 heterocycles. The number of tetrazole rings is 1. The topological polar surface area (TPSA) is 99.0 Å². The lowest BCUT2D eigenvalue weighted by Crippen LogP contribution is -2.32. The van der Waals surface area contributed by atoms with E-state index < -0.39 is 12.0 Å². The van der Waals surface area contributed by atoms with Crippen molar-refractivity contribution in [2.24, 2.45) is 0 Å². The Labute approximate surface area is 158 Å². The summed E-state index contributed by atoms with van der Waals surface area (Å²) in [5, 5.41) is 16.3. The van der Waals surface area contributed by atoms with Crippen molar-refractivity contribution in [3.63, 3.8) is 0 Å². The van der Waals surface area contributed by atoms with Crippen molar-refractivity contribution in [1.82, 2.24) is 20.2 Å². The van der Waals surface area contributed by atoms with E-state index in [1.807, 2.05) is 36.6 Å². The molecular weight excluding hydrogens is 366 g/mol. The molecule has 0 saturated heterocycles. The van der Waals surface area contributed by atoms with Crippen molar-refractivity contribution in [2.75, 3.05) is 12.4 Å². The van der Waals surface area contributed by atoms with E-state index in [1.54, 1.807) is 12.1 Å². The number of nitrogens with one attached hydrogen (secondary N) is 1. The summed E-state index contributed by atoms with van der Waals surface area (Å²) < 4.78 is 6.39. The fourth-order valence-corrected chi connectivity index (χ4v) is 3.66. The summed E-state index contributed by atoms with van der Waals surface area (Å²) in [4.78, 5) is 26.3. The zero-order valence-corrected chi connectivity index (χ0v) is 15.4. The zero-order chi connectivity index (χ0) is 19.0. The van der Waals surface area contributed by atoms with Gasteiger partial charge in [-0.1, -0.05) is 41.0 Å².